The largest absolute Gasteiger partial charge is 0.369 e. The molecule has 3 nitrogen and oxygen atoms in total. The summed E-state index contributed by atoms with van der Waals surface area (Å²) < 4.78 is 0. The highest BCUT2D eigenvalue weighted by molar-refractivity contribution is 6.28. The Morgan fingerprint density at radius 2 is 1.73 bits per heavy atom. The predicted molar refractivity (Wildman–Crippen MR) is 92.5 cm³/mol. The molecule has 2 aromatic carbocycles. The average molecular weight is 312 g/mol. The van der Waals surface area contributed by atoms with Crippen LogP contribution in [0.2, 0.25) is 5.28 Å². The van der Waals surface area contributed by atoms with Crippen molar-refractivity contribution in [2.75, 3.05) is 11.9 Å². The zero-order chi connectivity index (χ0) is 15.4. The van der Waals surface area contributed by atoms with Gasteiger partial charge in [-0.25, -0.2) is 9.97 Å². The van der Waals surface area contributed by atoms with Crippen LogP contribution in [-0.2, 0) is 0 Å². The van der Waals surface area contributed by atoms with E-state index < -0.39 is 0 Å². The van der Waals surface area contributed by atoms with Crippen LogP contribution >= 0.6 is 11.6 Å². The van der Waals surface area contributed by atoms with Crippen molar-refractivity contribution >= 4 is 28.3 Å². The maximum absolute atomic E-state index is 6.03. The van der Waals surface area contributed by atoms with Crippen molar-refractivity contribution in [3.63, 3.8) is 0 Å². The number of hydrogen-bond acceptors (Lipinski definition) is 3. The molecular formula is C18H18ClN3. The van der Waals surface area contributed by atoms with E-state index in [0.717, 1.165) is 29.7 Å². The first-order valence-electron chi connectivity index (χ1n) is 7.49. The van der Waals surface area contributed by atoms with Gasteiger partial charge in [-0.2, -0.15) is 0 Å². The van der Waals surface area contributed by atoms with Gasteiger partial charge in [-0.3, -0.25) is 0 Å². The van der Waals surface area contributed by atoms with Crippen LogP contribution in [0.5, 0.6) is 0 Å². The first-order valence-corrected chi connectivity index (χ1v) is 7.87. The van der Waals surface area contributed by atoms with E-state index in [9.17, 15) is 0 Å². The van der Waals surface area contributed by atoms with Crippen molar-refractivity contribution in [1.82, 2.24) is 9.97 Å². The Morgan fingerprint density at radius 1 is 1.00 bits per heavy atom. The van der Waals surface area contributed by atoms with Gasteiger partial charge in [0.1, 0.15) is 5.82 Å². The number of aromatic nitrogens is 2. The number of hydrogen-bond donors (Lipinski definition) is 1. The smallest absolute Gasteiger partial charge is 0.224 e. The monoisotopic (exact) mass is 311 g/mol. The molecule has 0 aliphatic rings. The Morgan fingerprint density at radius 3 is 2.50 bits per heavy atom. The molecular weight excluding hydrogens is 294 g/mol. The van der Waals surface area contributed by atoms with Gasteiger partial charge < -0.3 is 5.32 Å². The summed E-state index contributed by atoms with van der Waals surface area (Å²) in [6, 6.07) is 18.4. The van der Waals surface area contributed by atoms with E-state index in [0.29, 0.717) is 5.92 Å². The van der Waals surface area contributed by atoms with Crippen LogP contribution in [0.25, 0.3) is 10.9 Å². The lowest BCUT2D eigenvalue weighted by molar-refractivity contribution is 0.694. The van der Waals surface area contributed by atoms with Gasteiger partial charge in [-0.15, -0.1) is 0 Å². The molecule has 0 aliphatic heterocycles. The zero-order valence-electron chi connectivity index (χ0n) is 12.5. The standard InChI is InChI=1S/C18H18ClN3/c1-2-13(14-8-4-3-5-9-14)12-20-17-15-10-6-7-11-16(15)21-18(19)22-17/h3-11,13H,2,12H2,1H3,(H,20,21,22). The summed E-state index contributed by atoms with van der Waals surface area (Å²) >= 11 is 6.03. The summed E-state index contributed by atoms with van der Waals surface area (Å²) in [6.07, 6.45) is 1.06. The van der Waals surface area contributed by atoms with Crippen LogP contribution in [0, 0.1) is 0 Å². The van der Waals surface area contributed by atoms with E-state index in [1.807, 2.05) is 30.3 Å². The average Bonchev–Trinajstić information content (AvgIpc) is 2.56. The summed E-state index contributed by atoms with van der Waals surface area (Å²) in [7, 11) is 0. The molecule has 112 valence electrons. The topological polar surface area (TPSA) is 37.8 Å². The van der Waals surface area contributed by atoms with Crippen LogP contribution in [-0.4, -0.2) is 16.5 Å². The molecule has 0 saturated carbocycles. The zero-order valence-corrected chi connectivity index (χ0v) is 13.2. The molecule has 1 unspecified atom stereocenters. The Hall–Kier alpha value is -2.13. The summed E-state index contributed by atoms with van der Waals surface area (Å²) in [5.74, 6) is 1.23. The van der Waals surface area contributed by atoms with E-state index in [1.54, 1.807) is 0 Å². The first kappa shape index (κ1) is 14.8. The molecule has 0 amide bonds. The van der Waals surface area contributed by atoms with Gasteiger partial charge in [0, 0.05) is 17.8 Å². The summed E-state index contributed by atoms with van der Waals surface area (Å²) in [6.45, 7) is 3.02. The third-order valence-electron chi connectivity index (χ3n) is 3.86. The fraction of sp³-hybridized carbons (Fsp3) is 0.222. The van der Waals surface area contributed by atoms with E-state index in [1.165, 1.54) is 5.56 Å². The second-order valence-electron chi connectivity index (χ2n) is 5.26. The van der Waals surface area contributed by atoms with E-state index in [-0.39, 0.29) is 5.28 Å². The predicted octanol–water partition coefficient (Wildman–Crippen LogP) is 4.89. The van der Waals surface area contributed by atoms with Gasteiger partial charge in [-0.1, -0.05) is 49.4 Å². The van der Waals surface area contributed by atoms with Crippen LogP contribution in [0.4, 0.5) is 5.82 Å². The number of nitrogens with zero attached hydrogens (tertiary/aromatic N) is 2. The van der Waals surface area contributed by atoms with Crippen molar-refractivity contribution in [1.29, 1.82) is 0 Å². The Bertz CT molecular complexity index is 759. The number of anilines is 1. The molecule has 3 rings (SSSR count). The molecule has 0 fully saturated rings. The fourth-order valence-electron chi connectivity index (χ4n) is 2.63. The Kier molecular flexibility index (Phi) is 4.54. The van der Waals surface area contributed by atoms with Crippen LogP contribution < -0.4 is 5.32 Å². The van der Waals surface area contributed by atoms with E-state index in [4.69, 9.17) is 11.6 Å². The summed E-state index contributed by atoms with van der Waals surface area (Å²) in [5, 5.41) is 4.71. The minimum atomic E-state index is 0.272. The number of para-hydroxylation sites is 1. The van der Waals surface area contributed by atoms with Crippen LogP contribution in [0.1, 0.15) is 24.8 Å². The fourth-order valence-corrected chi connectivity index (χ4v) is 2.80. The lowest BCUT2D eigenvalue weighted by Crippen LogP contribution is -2.13. The molecule has 22 heavy (non-hydrogen) atoms. The van der Waals surface area contributed by atoms with E-state index in [2.05, 4.69) is 46.5 Å². The third-order valence-corrected chi connectivity index (χ3v) is 4.02. The minimum Gasteiger partial charge on any atom is -0.369 e. The molecule has 3 aromatic rings. The highest BCUT2D eigenvalue weighted by Crippen LogP contribution is 2.24. The Balaban J connectivity index is 1.84. The minimum absolute atomic E-state index is 0.272. The molecule has 1 N–H and O–H groups in total. The lowest BCUT2D eigenvalue weighted by Gasteiger charge is -2.17. The second kappa shape index (κ2) is 6.75. The van der Waals surface area contributed by atoms with E-state index >= 15 is 0 Å². The molecule has 0 radical (unpaired) electrons. The molecule has 1 heterocycles. The molecule has 0 bridgehead atoms. The second-order valence-corrected chi connectivity index (χ2v) is 5.59. The maximum Gasteiger partial charge on any atom is 0.224 e. The van der Waals surface area contributed by atoms with Crippen molar-refractivity contribution < 1.29 is 0 Å². The third kappa shape index (κ3) is 3.20. The number of fused-ring (bicyclic) bond motifs is 1. The van der Waals surface area contributed by atoms with Gasteiger partial charge in [0.25, 0.3) is 0 Å². The Labute approximate surface area is 135 Å². The van der Waals surface area contributed by atoms with Crippen LogP contribution in [0.15, 0.2) is 54.6 Å². The van der Waals surface area contributed by atoms with Crippen molar-refractivity contribution in [3.05, 3.63) is 65.4 Å². The highest BCUT2D eigenvalue weighted by atomic mass is 35.5. The van der Waals surface area contributed by atoms with Gasteiger partial charge in [0.15, 0.2) is 0 Å². The van der Waals surface area contributed by atoms with Crippen molar-refractivity contribution in [2.45, 2.75) is 19.3 Å². The molecule has 4 heteroatoms. The van der Waals surface area contributed by atoms with Gasteiger partial charge in [-0.05, 0) is 35.7 Å². The maximum atomic E-state index is 6.03. The normalized spacial score (nSPS) is 12.3. The molecule has 0 aliphatic carbocycles. The SMILES string of the molecule is CCC(CNc1nc(Cl)nc2ccccc12)c1ccccc1. The number of rotatable bonds is 5. The highest BCUT2D eigenvalue weighted by Gasteiger charge is 2.11. The van der Waals surface area contributed by atoms with Gasteiger partial charge in [0.05, 0.1) is 5.52 Å². The quantitative estimate of drug-likeness (QED) is 0.682. The summed E-state index contributed by atoms with van der Waals surface area (Å²) in [5.41, 5.74) is 2.19. The van der Waals surface area contributed by atoms with Crippen molar-refractivity contribution in [3.8, 4) is 0 Å². The first-order chi connectivity index (χ1) is 10.8. The summed E-state index contributed by atoms with van der Waals surface area (Å²) in [4.78, 5) is 8.60. The lowest BCUT2D eigenvalue weighted by atomic mass is 9.96. The number of benzene rings is 2. The van der Waals surface area contributed by atoms with Crippen molar-refractivity contribution in [2.24, 2.45) is 0 Å². The molecule has 1 aromatic heterocycles. The van der Waals surface area contributed by atoms with Gasteiger partial charge in [0.2, 0.25) is 5.28 Å². The molecule has 0 spiro atoms. The number of nitrogens with one attached hydrogen (secondary N) is 1. The number of halogens is 1. The molecule has 1 atom stereocenters. The van der Waals surface area contributed by atoms with Gasteiger partial charge >= 0.3 is 0 Å². The molecule has 0 saturated heterocycles. The van der Waals surface area contributed by atoms with Crippen LogP contribution in [0.3, 0.4) is 0 Å².